The molecule has 0 heterocycles. The molecule has 0 aliphatic rings. The molecule has 1 rings (SSSR count). The van der Waals surface area contributed by atoms with Crippen LogP contribution in [-0.2, 0) is 10.0 Å². The Bertz CT molecular complexity index is 581. The summed E-state index contributed by atoms with van der Waals surface area (Å²) in [6, 6.07) is 9.53. The van der Waals surface area contributed by atoms with Gasteiger partial charge >= 0.3 is 0 Å². The fraction of sp³-hybridized carbons (Fsp3) is 0.273. The van der Waals surface area contributed by atoms with Gasteiger partial charge in [0.25, 0.3) is 0 Å². The van der Waals surface area contributed by atoms with E-state index in [1.54, 1.807) is 6.07 Å². The average molecular weight is 265 g/mol. The van der Waals surface area contributed by atoms with Gasteiger partial charge < -0.3 is 4.74 Å². The second-order valence-corrected chi connectivity index (χ2v) is 5.39. The lowest BCUT2D eigenvalue weighted by Crippen LogP contribution is -2.23. The molecular weight excluding hydrogens is 254 g/mol. The molecule has 18 heavy (non-hydrogen) atoms. The molecule has 1 aromatic rings. The summed E-state index contributed by atoms with van der Waals surface area (Å²) in [7, 11) is -3.70. The number of rotatable bonds is 5. The normalized spacial score (nSPS) is 11.9. The third kappa shape index (κ3) is 3.65. The van der Waals surface area contributed by atoms with Gasteiger partial charge in [0.15, 0.2) is 11.9 Å². The van der Waals surface area contributed by atoms with Crippen molar-refractivity contribution in [3.05, 3.63) is 24.3 Å². The number of nitriles is 2. The Labute approximate surface area is 105 Å². The van der Waals surface area contributed by atoms with Crippen molar-refractivity contribution in [1.82, 2.24) is 0 Å². The number of sulfonamides is 1. The van der Waals surface area contributed by atoms with Gasteiger partial charge in [-0.2, -0.15) is 10.5 Å². The second kappa shape index (κ2) is 5.89. The van der Waals surface area contributed by atoms with Crippen molar-refractivity contribution >= 4 is 15.7 Å². The van der Waals surface area contributed by atoms with Crippen molar-refractivity contribution in [3.63, 3.8) is 0 Å². The first-order valence-corrected chi connectivity index (χ1v) is 6.55. The lowest BCUT2D eigenvalue weighted by molar-refractivity contribution is 0.368. The predicted molar refractivity (Wildman–Crippen MR) is 65.2 cm³/mol. The van der Waals surface area contributed by atoms with Gasteiger partial charge in [-0.3, -0.25) is 4.72 Å². The summed E-state index contributed by atoms with van der Waals surface area (Å²) in [4.78, 5) is 0. The Hall–Kier alpha value is -2.25. The zero-order chi connectivity index (χ0) is 13.6. The minimum absolute atomic E-state index is 0.0729. The molecule has 0 aliphatic heterocycles. The summed E-state index contributed by atoms with van der Waals surface area (Å²) >= 11 is 0. The molecule has 0 saturated heterocycles. The van der Waals surface area contributed by atoms with Crippen molar-refractivity contribution in [2.45, 2.75) is 12.2 Å². The minimum Gasteiger partial charge on any atom is -0.479 e. The quantitative estimate of drug-likeness (QED) is 0.862. The molecule has 1 N–H and O–H groups in total. The van der Waals surface area contributed by atoms with E-state index in [1.807, 2.05) is 6.07 Å². The molecule has 0 bridgehead atoms. The van der Waals surface area contributed by atoms with Gasteiger partial charge in [-0.25, -0.2) is 8.42 Å². The Kier molecular flexibility index (Phi) is 4.52. The Morgan fingerprint density at radius 3 is 2.44 bits per heavy atom. The van der Waals surface area contributed by atoms with E-state index in [2.05, 4.69) is 4.72 Å². The Balaban J connectivity index is 2.77. The number of nitrogens with one attached hydrogen (secondary N) is 1. The van der Waals surface area contributed by atoms with Gasteiger partial charge in [0, 0.05) is 5.69 Å². The summed E-state index contributed by atoms with van der Waals surface area (Å²) in [6.45, 7) is 1.23. The van der Waals surface area contributed by atoms with Gasteiger partial charge in [0.1, 0.15) is 11.8 Å². The minimum atomic E-state index is -3.70. The molecule has 0 fully saturated rings. The van der Waals surface area contributed by atoms with E-state index >= 15 is 0 Å². The molecule has 1 aromatic carbocycles. The summed E-state index contributed by atoms with van der Waals surface area (Å²) in [6.07, 6.45) is 0. The van der Waals surface area contributed by atoms with E-state index in [0.717, 1.165) is 0 Å². The standard InChI is InChI=1S/C11H11N3O3S/c1-9(8-13)18(15,16)14-10-2-4-11(5-3-10)17-7-6-12/h2-5,9,14H,7H2,1H3. The highest BCUT2D eigenvalue weighted by atomic mass is 32.2. The molecule has 7 heteroatoms. The molecule has 1 unspecified atom stereocenters. The number of nitrogens with zero attached hydrogens (tertiary/aromatic N) is 2. The SMILES string of the molecule is CC(C#N)S(=O)(=O)Nc1ccc(OCC#N)cc1. The molecule has 0 aromatic heterocycles. The number of anilines is 1. The summed E-state index contributed by atoms with van der Waals surface area (Å²) < 4.78 is 30.5. The molecule has 1 atom stereocenters. The summed E-state index contributed by atoms with van der Waals surface area (Å²) in [5, 5.41) is 15.8. The zero-order valence-electron chi connectivity index (χ0n) is 9.62. The predicted octanol–water partition coefficient (Wildman–Crippen LogP) is 1.24. The average Bonchev–Trinajstić information content (AvgIpc) is 2.36. The van der Waals surface area contributed by atoms with Crippen LogP contribution in [0, 0.1) is 22.7 Å². The Morgan fingerprint density at radius 2 is 1.94 bits per heavy atom. The number of ether oxygens (including phenoxy) is 1. The van der Waals surface area contributed by atoms with Crippen LogP contribution in [0.4, 0.5) is 5.69 Å². The largest absolute Gasteiger partial charge is 0.479 e. The van der Waals surface area contributed by atoms with Crippen LogP contribution in [0.3, 0.4) is 0 Å². The first-order valence-electron chi connectivity index (χ1n) is 5.00. The highest BCUT2D eigenvalue weighted by molar-refractivity contribution is 7.93. The lowest BCUT2D eigenvalue weighted by Gasteiger charge is -2.09. The number of hydrogen-bond acceptors (Lipinski definition) is 5. The zero-order valence-corrected chi connectivity index (χ0v) is 10.4. The maximum atomic E-state index is 11.6. The van der Waals surface area contributed by atoms with Crippen LogP contribution in [0.5, 0.6) is 5.75 Å². The van der Waals surface area contributed by atoms with Crippen molar-refractivity contribution in [1.29, 1.82) is 10.5 Å². The van der Waals surface area contributed by atoms with E-state index in [1.165, 1.54) is 31.2 Å². The van der Waals surface area contributed by atoms with Crippen LogP contribution in [0.25, 0.3) is 0 Å². The number of hydrogen-bond donors (Lipinski definition) is 1. The first kappa shape index (κ1) is 13.8. The maximum absolute atomic E-state index is 11.6. The van der Waals surface area contributed by atoms with Gasteiger partial charge in [-0.1, -0.05) is 0 Å². The van der Waals surface area contributed by atoms with E-state index in [0.29, 0.717) is 11.4 Å². The topological polar surface area (TPSA) is 103 Å². The third-order valence-corrected chi connectivity index (χ3v) is 3.62. The van der Waals surface area contributed by atoms with E-state index in [4.69, 9.17) is 15.3 Å². The highest BCUT2D eigenvalue weighted by Gasteiger charge is 2.19. The number of benzene rings is 1. The van der Waals surface area contributed by atoms with E-state index in [-0.39, 0.29) is 6.61 Å². The molecule has 0 aliphatic carbocycles. The third-order valence-electron chi connectivity index (χ3n) is 2.07. The maximum Gasteiger partial charge on any atom is 0.248 e. The molecule has 0 spiro atoms. The van der Waals surface area contributed by atoms with Crippen molar-refractivity contribution in [2.24, 2.45) is 0 Å². The second-order valence-electron chi connectivity index (χ2n) is 3.39. The van der Waals surface area contributed by atoms with Gasteiger partial charge in [0.05, 0.1) is 6.07 Å². The van der Waals surface area contributed by atoms with Crippen molar-refractivity contribution in [2.75, 3.05) is 11.3 Å². The fourth-order valence-corrected chi connectivity index (χ4v) is 1.84. The molecule has 94 valence electrons. The van der Waals surface area contributed by atoms with E-state index < -0.39 is 15.3 Å². The fourth-order valence-electron chi connectivity index (χ4n) is 1.06. The molecule has 0 radical (unpaired) electrons. The highest BCUT2D eigenvalue weighted by Crippen LogP contribution is 2.17. The van der Waals surface area contributed by atoms with Crippen LogP contribution in [0.1, 0.15) is 6.92 Å². The van der Waals surface area contributed by atoms with Gasteiger partial charge in [-0.15, -0.1) is 0 Å². The van der Waals surface area contributed by atoms with Crippen LogP contribution in [-0.4, -0.2) is 20.3 Å². The van der Waals surface area contributed by atoms with Crippen molar-refractivity contribution < 1.29 is 13.2 Å². The molecular formula is C11H11N3O3S. The van der Waals surface area contributed by atoms with Crippen molar-refractivity contribution in [3.8, 4) is 17.9 Å². The summed E-state index contributed by atoms with van der Waals surface area (Å²) in [5.74, 6) is 0.466. The smallest absolute Gasteiger partial charge is 0.248 e. The lowest BCUT2D eigenvalue weighted by atomic mass is 10.3. The monoisotopic (exact) mass is 265 g/mol. The molecule has 0 saturated carbocycles. The van der Waals surface area contributed by atoms with Gasteiger partial charge in [-0.05, 0) is 31.2 Å². The Morgan fingerprint density at radius 1 is 1.33 bits per heavy atom. The van der Waals surface area contributed by atoms with Crippen LogP contribution in [0.2, 0.25) is 0 Å². The van der Waals surface area contributed by atoms with Crippen LogP contribution >= 0.6 is 0 Å². The first-order chi connectivity index (χ1) is 8.49. The van der Waals surface area contributed by atoms with Crippen LogP contribution in [0.15, 0.2) is 24.3 Å². The summed E-state index contributed by atoms with van der Waals surface area (Å²) in [5.41, 5.74) is 0.335. The van der Waals surface area contributed by atoms with Crippen LogP contribution < -0.4 is 9.46 Å². The molecule has 6 nitrogen and oxygen atoms in total. The molecule has 0 amide bonds. The van der Waals surface area contributed by atoms with Gasteiger partial charge in [0.2, 0.25) is 10.0 Å². The van der Waals surface area contributed by atoms with E-state index in [9.17, 15) is 8.42 Å².